The van der Waals surface area contributed by atoms with E-state index in [9.17, 15) is 14.4 Å². The number of nitrogens with one attached hydrogen (secondary N) is 1. The van der Waals surface area contributed by atoms with E-state index in [2.05, 4.69) is 5.32 Å². The van der Waals surface area contributed by atoms with Crippen molar-refractivity contribution in [1.29, 1.82) is 0 Å². The van der Waals surface area contributed by atoms with Crippen LogP contribution < -0.4 is 15.8 Å². The van der Waals surface area contributed by atoms with Crippen molar-refractivity contribution >= 4 is 11.6 Å². The maximum absolute atomic E-state index is 13.1. The third-order valence-electron chi connectivity index (χ3n) is 5.19. The van der Waals surface area contributed by atoms with E-state index < -0.39 is 6.04 Å². The van der Waals surface area contributed by atoms with Gasteiger partial charge in [0.15, 0.2) is 11.9 Å². The molecule has 1 amide bonds. The lowest BCUT2D eigenvalue weighted by Crippen LogP contribution is -2.42. The minimum atomic E-state index is -0.674. The van der Waals surface area contributed by atoms with E-state index in [1.165, 1.54) is 12.3 Å². The zero-order valence-electron chi connectivity index (χ0n) is 15.5. The molecule has 1 aliphatic rings. The Morgan fingerprint density at radius 2 is 2.00 bits per heavy atom. The number of hydrogen-bond acceptors (Lipinski definition) is 3. The number of aryl methyl sites for hydroxylation is 1. The molecule has 5 nitrogen and oxygen atoms in total. The monoisotopic (exact) mass is 369 g/mol. The van der Waals surface area contributed by atoms with E-state index in [4.69, 9.17) is 5.73 Å². The third-order valence-corrected chi connectivity index (χ3v) is 5.19. The van der Waals surface area contributed by atoms with Crippen molar-refractivity contribution in [1.82, 2.24) is 0 Å². The van der Waals surface area contributed by atoms with E-state index in [0.29, 0.717) is 30.6 Å². The molecule has 3 rings (SSSR count). The van der Waals surface area contributed by atoms with Gasteiger partial charge in [0.25, 0.3) is 0 Å². The van der Waals surface area contributed by atoms with Gasteiger partial charge < -0.3 is 16.3 Å². The van der Waals surface area contributed by atoms with Crippen LogP contribution in [0.5, 0.6) is 0 Å². The number of pyridine rings is 1. The first-order valence-electron chi connectivity index (χ1n) is 9.07. The quantitative estimate of drug-likeness (QED) is 0.639. The Morgan fingerprint density at radius 3 is 2.63 bits per heavy atom. The number of benzene rings is 1. The highest BCUT2D eigenvalue weighted by molar-refractivity contribution is 5.95. The first kappa shape index (κ1) is 19.0. The van der Waals surface area contributed by atoms with Gasteiger partial charge in [0.05, 0.1) is 17.4 Å². The topological polar surface area (TPSA) is 82.1 Å². The summed E-state index contributed by atoms with van der Waals surface area (Å²) >= 11 is 0. The third kappa shape index (κ3) is 4.17. The van der Waals surface area contributed by atoms with Gasteiger partial charge in [-0.05, 0) is 55.4 Å². The van der Waals surface area contributed by atoms with Gasteiger partial charge in [-0.3, -0.25) is 4.79 Å². The molecule has 1 aliphatic carbocycles. The predicted molar refractivity (Wildman–Crippen MR) is 103 cm³/mol. The van der Waals surface area contributed by atoms with Gasteiger partial charge in [-0.25, -0.2) is 4.39 Å². The molecule has 1 aromatic carbocycles. The summed E-state index contributed by atoms with van der Waals surface area (Å²) in [5, 5.41) is 14.7. The van der Waals surface area contributed by atoms with Crippen LogP contribution in [0.15, 0.2) is 48.4 Å². The Labute approximate surface area is 158 Å². The van der Waals surface area contributed by atoms with Gasteiger partial charge in [-0.1, -0.05) is 18.2 Å². The highest BCUT2D eigenvalue weighted by Gasteiger charge is 2.26. The zero-order valence-corrected chi connectivity index (χ0v) is 15.5. The minimum absolute atomic E-state index is 0.0501. The highest BCUT2D eigenvalue weighted by Crippen LogP contribution is 2.28. The number of carbonyl (C=O) groups is 1. The molecule has 0 saturated carbocycles. The van der Waals surface area contributed by atoms with Crippen LogP contribution in [0, 0.1) is 25.0 Å². The smallest absolute Gasteiger partial charge is 0.241 e. The van der Waals surface area contributed by atoms with E-state index in [0.717, 1.165) is 21.4 Å². The van der Waals surface area contributed by atoms with Crippen molar-refractivity contribution in [2.45, 2.75) is 39.2 Å². The van der Waals surface area contributed by atoms with E-state index in [-0.39, 0.29) is 17.7 Å². The fourth-order valence-electron chi connectivity index (χ4n) is 3.52. The lowest BCUT2D eigenvalue weighted by molar-refractivity contribution is -0.611. The average molecular weight is 369 g/mol. The van der Waals surface area contributed by atoms with Gasteiger partial charge in [-0.2, -0.15) is 4.73 Å². The summed E-state index contributed by atoms with van der Waals surface area (Å²) in [6, 6.07) is 8.44. The Hall–Kier alpha value is -2.73. The number of halogens is 1. The van der Waals surface area contributed by atoms with Gasteiger partial charge in [-0.15, -0.1) is 0 Å². The Balaban J connectivity index is 1.71. The molecule has 0 spiro atoms. The molecular formula is C21H24FN3O2. The Morgan fingerprint density at radius 1 is 1.30 bits per heavy atom. The van der Waals surface area contributed by atoms with Crippen molar-refractivity contribution in [3.05, 3.63) is 64.9 Å². The molecule has 142 valence electrons. The first-order valence-corrected chi connectivity index (χ1v) is 9.07. The van der Waals surface area contributed by atoms with E-state index >= 15 is 0 Å². The number of carbonyl (C=O) groups excluding carboxylic acids is 1. The summed E-state index contributed by atoms with van der Waals surface area (Å²) in [4.78, 5) is 12.4. The normalized spacial score (nSPS) is 17.9. The lowest BCUT2D eigenvalue weighted by Gasteiger charge is -2.24. The SMILES string of the molecule is Cc1cc[n+]([O-])c(C)c1-c1ccc(NC(=O)[C@@H](N)C2CC=C(F)CC2)cc1. The van der Waals surface area contributed by atoms with Crippen molar-refractivity contribution in [2.75, 3.05) is 5.32 Å². The molecule has 0 aliphatic heterocycles. The number of nitrogens with zero attached hydrogens (tertiary/aromatic N) is 1. The molecule has 0 fully saturated rings. The predicted octanol–water partition coefficient (Wildman–Crippen LogP) is 3.52. The molecule has 27 heavy (non-hydrogen) atoms. The minimum Gasteiger partial charge on any atom is -0.618 e. The Bertz CT molecular complexity index is 878. The summed E-state index contributed by atoms with van der Waals surface area (Å²) in [6.45, 7) is 3.74. The van der Waals surface area contributed by atoms with Gasteiger partial charge >= 0.3 is 0 Å². The molecule has 6 heteroatoms. The van der Waals surface area contributed by atoms with Crippen molar-refractivity contribution in [2.24, 2.45) is 11.7 Å². The molecule has 1 heterocycles. The van der Waals surface area contributed by atoms with Crippen LogP contribution in [0.2, 0.25) is 0 Å². The number of rotatable bonds is 4. The van der Waals surface area contributed by atoms with Crippen molar-refractivity contribution < 1.29 is 13.9 Å². The maximum atomic E-state index is 13.1. The number of amides is 1. The van der Waals surface area contributed by atoms with Gasteiger partial charge in [0.2, 0.25) is 5.91 Å². The lowest BCUT2D eigenvalue weighted by atomic mass is 9.87. The number of hydrogen-bond donors (Lipinski definition) is 2. The summed E-state index contributed by atoms with van der Waals surface area (Å²) in [5.74, 6) is -0.445. The standard InChI is InChI=1S/C21H24FN3O2/c1-13-11-12-25(27)14(2)19(13)15-5-9-18(10-6-15)24-21(26)20(23)16-3-7-17(22)8-4-16/h5-7,9-12,16,20H,3-4,8,23H2,1-2H3,(H,24,26)/t16?,20-/m0/s1. The molecule has 2 aromatic rings. The number of allylic oxidation sites excluding steroid dienone is 2. The van der Waals surface area contributed by atoms with Crippen LogP contribution in [-0.4, -0.2) is 11.9 Å². The largest absolute Gasteiger partial charge is 0.618 e. The van der Waals surface area contributed by atoms with Crippen molar-refractivity contribution in [3.8, 4) is 11.1 Å². The van der Waals surface area contributed by atoms with E-state index in [1.807, 2.05) is 19.1 Å². The van der Waals surface area contributed by atoms with Crippen LogP contribution in [0.4, 0.5) is 10.1 Å². The molecule has 2 atom stereocenters. The molecule has 1 aromatic heterocycles. The van der Waals surface area contributed by atoms with Gasteiger partial charge in [0.1, 0.15) is 0 Å². The Kier molecular flexibility index (Phi) is 5.56. The molecule has 3 N–H and O–H groups in total. The average Bonchev–Trinajstić information content (AvgIpc) is 2.66. The second kappa shape index (κ2) is 7.88. The molecule has 0 radical (unpaired) electrons. The van der Waals surface area contributed by atoms with Crippen LogP contribution >= 0.6 is 0 Å². The summed E-state index contributed by atoms with van der Waals surface area (Å²) in [5.41, 5.74) is 10.1. The fraction of sp³-hybridized carbons (Fsp3) is 0.333. The zero-order chi connectivity index (χ0) is 19.6. The van der Waals surface area contributed by atoms with Crippen LogP contribution in [0.1, 0.15) is 30.5 Å². The first-order chi connectivity index (χ1) is 12.9. The van der Waals surface area contributed by atoms with Crippen molar-refractivity contribution in [3.63, 3.8) is 0 Å². The van der Waals surface area contributed by atoms with Crippen LogP contribution in [-0.2, 0) is 4.79 Å². The number of aromatic nitrogens is 1. The summed E-state index contributed by atoms with van der Waals surface area (Å²) < 4.78 is 14.0. The summed E-state index contributed by atoms with van der Waals surface area (Å²) in [7, 11) is 0. The van der Waals surface area contributed by atoms with Gasteiger partial charge in [0, 0.05) is 18.7 Å². The van der Waals surface area contributed by atoms with Crippen LogP contribution in [0.25, 0.3) is 11.1 Å². The second-order valence-corrected chi connectivity index (χ2v) is 7.06. The van der Waals surface area contributed by atoms with Crippen LogP contribution in [0.3, 0.4) is 0 Å². The second-order valence-electron chi connectivity index (χ2n) is 7.06. The molecule has 0 bridgehead atoms. The molecule has 0 saturated heterocycles. The summed E-state index contributed by atoms with van der Waals surface area (Å²) in [6.07, 6.45) is 4.42. The number of anilines is 1. The highest BCUT2D eigenvalue weighted by atomic mass is 19.1. The maximum Gasteiger partial charge on any atom is 0.241 e. The number of nitrogens with two attached hydrogens (primary N) is 1. The van der Waals surface area contributed by atoms with E-state index in [1.54, 1.807) is 25.1 Å². The fourth-order valence-corrected chi connectivity index (χ4v) is 3.52. The molecular weight excluding hydrogens is 345 g/mol. The molecule has 1 unspecified atom stereocenters.